The Balaban J connectivity index is 1.26. The predicted octanol–water partition coefficient (Wildman–Crippen LogP) is 3.24. The van der Waals surface area contributed by atoms with Crippen LogP contribution in [-0.4, -0.2) is 35.4 Å². The number of carbonyl (C=O) groups is 1. The van der Waals surface area contributed by atoms with E-state index in [0.717, 1.165) is 53.7 Å². The van der Waals surface area contributed by atoms with Crippen molar-refractivity contribution < 1.29 is 4.79 Å². The van der Waals surface area contributed by atoms with Crippen molar-refractivity contribution in [3.63, 3.8) is 0 Å². The predicted molar refractivity (Wildman–Crippen MR) is 113 cm³/mol. The summed E-state index contributed by atoms with van der Waals surface area (Å²) in [5, 5.41) is 18.4. The summed E-state index contributed by atoms with van der Waals surface area (Å²) >= 11 is 1.43. The van der Waals surface area contributed by atoms with Crippen molar-refractivity contribution in [2.75, 3.05) is 0 Å². The lowest BCUT2D eigenvalue weighted by atomic mass is 10.2. The second-order valence-electron chi connectivity index (χ2n) is 7.22. The SMILES string of the molecule is O=C(NCc1nnc2n1CCCCC2)c1csc(-c2cnn(-c3ccccc3)c2)n1. The molecule has 5 rings (SSSR count). The molecule has 0 radical (unpaired) electrons. The first-order chi connectivity index (χ1) is 14.8. The number of hydrogen-bond acceptors (Lipinski definition) is 6. The van der Waals surface area contributed by atoms with E-state index in [-0.39, 0.29) is 5.91 Å². The van der Waals surface area contributed by atoms with Gasteiger partial charge in [0, 0.05) is 30.1 Å². The molecule has 1 aliphatic heterocycles. The summed E-state index contributed by atoms with van der Waals surface area (Å²) < 4.78 is 3.94. The largest absolute Gasteiger partial charge is 0.343 e. The first kappa shape index (κ1) is 18.7. The molecule has 1 aromatic carbocycles. The van der Waals surface area contributed by atoms with E-state index >= 15 is 0 Å². The maximum Gasteiger partial charge on any atom is 0.271 e. The van der Waals surface area contributed by atoms with E-state index < -0.39 is 0 Å². The van der Waals surface area contributed by atoms with Crippen LogP contribution < -0.4 is 5.32 Å². The zero-order valence-corrected chi connectivity index (χ0v) is 17.2. The number of fused-ring (bicyclic) bond motifs is 1. The fraction of sp³-hybridized carbons (Fsp3) is 0.286. The zero-order valence-electron chi connectivity index (χ0n) is 16.4. The molecule has 8 nitrogen and oxygen atoms in total. The van der Waals surface area contributed by atoms with Crippen LogP contribution in [0.25, 0.3) is 16.3 Å². The van der Waals surface area contributed by atoms with E-state index in [0.29, 0.717) is 12.2 Å². The van der Waals surface area contributed by atoms with Gasteiger partial charge in [0.1, 0.15) is 16.5 Å². The molecule has 1 aliphatic rings. The third kappa shape index (κ3) is 3.76. The number of para-hydroxylation sites is 1. The van der Waals surface area contributed by atoms with Gasteiger partial charge in [0.05, 0.1) is 18.4 Å². The number of rotatable bonds is 5. The normalized spacial score (nSPS) is 13.6. The standard InChI is InChI=1S/C21H21N7OS/c29-20(22-12-19-26-25-18-9-5-2-6-10-27(18)19)17-14-30-21(24-17)15-11-23-28(13-15)16-7-3-1-4-8-16/h1,3-4,7-8,11,13-14H,2,5-6,9-10,12H2,(H,22,29). The van der Waals surface area contributed by atoms with Gasteiger partial charge in [-0.05, 0) is 25.0 Å². The molecule has 0 unspecified atom stereocenters. The summed E-state index contributed by atoms with van der Waals surface area (Å²) in [6.45, 7) is 1.27. The van der Waals surface area contributed by atoms with Crippen molar-refractivity contribution in [1.82, 2.24) is 34.8 Å². The van der Waals surface area contributed by atoms with Gasteiger partial charge in [-0.1, -0.05) is 24.6 Å². The molecule has 0 aliphatic carbocycles. The van der Waals surface area contributed by atoms with E-state index in [1.165, 1.54) is 17.8 Å². The first-order valence-electron chi connectivity index (χ1n) is 10.0. The van der Waals surface area contributed by atoms with Crippen molar-refractivity contribution in [1.29, 1.82) is 0 Å². The smallest absolute Gasteiger partial charge is 0.271 e. The van der Waals surface area contributed by atoms with Crippen LogP contribution in [0.1, 0.15) is 41.4 Å². The lowest BCUT2D eigenvalue weighted by Gasteiger charge is -2.07. The lowest BCUT2D eigenvalue weighted by molar-refractivity contribution is 0.0945. The lowest BCUT2D eigenvalue weighted by Crippen LogP contribution is -2.25. The fourth-order valence-corrected chi connectivity index (χ4v) is 4.37. The number of carbonyl (C=O) groups excluding carboxylic acids is 1. The van der Waals surface area contributed by atoms with Crippen molar-refractivity contribution in [2.24, 2.45) is 0 Å². The summed E-state index contributed by atoms with van der Waals surface area (Å²) in [6, 6.07) is 9.88. The average Bonchev–Trinajstić information content (AvgIpc) is 3.50. The second-order valence-corrected chi connectivity index (χ2v) is 8.08. The average molecular weight is 420 g/mol. The Morgan fingerprint density at radius 3 is 2.93 bits per heavy atom. The van der Waals surface area contributed by atoms with Crippen LogP contribution in [0.3, 0.4) is 0 Å². The van der Waals surface area contributed by atoms with Crippen LogP contribution in [0.5, 0.6) is 0 Å². The molecule has 4 heterocycles. The minimum atomic E-state index is -0.209. The van der Waals surface area contributed by atoms with Gasteiger partial charge in [0.15, 0.2) is 5.82 Å². The minimum absolute atomic E-state index is 0.209. The minimum Gasteiger partial charge on any atom is -0.343 e. The second kappa shape index (κ2) is 8.19. The Bertz CT molecular complexity index is 1160. The van der Waals surface area contributed by atoms with Crippen molar-refractivity contribution in [3.05, 3.63) is 65.4 Å². The number of nitrogens with one attached hydrogen (secondary N) is 1. The van der Waals surface area contributed by atoms with E-state index in [1.54, 1.807) is 16.3 Å². The molecule has 0 bridgehead atoms. The Kier molecular flexibility index (Phi) is 5.10. The number of amides is 1. The molecule has 4 aromatic rings. The molecule has 9 heteroatoms. The molecule has 0 fully saturated rings. The molecule has 1 N–H and O–H groups in total. The van der Waals surface area contributed by atoms with Crippen LogP contribution in [0.4, 0.5) is 0 Å². The summed E-state index contributed by atoms with van der Waals surface area (Å²) in [5.74, 6) is 1.61. The van der Waals surface area contributed by atoms with Gasteiger partial charge in [0.2, 0.25) is 0 Å². The van der Waals surface area contributed by atoms with Gasteiger partial charge in [-0.2, -0.15) is 5.10 Å². The molecule has 3 aromatic heterocycles. The van der Waals surface area contributed by atoms with Crippen LogP contribution >= 0.6 is 11.3 Å². The monoisotopic (exact) mass is 419 g/mol. The fourth-order valence-electron chi connectivity index (χ4n) is 3.59. The highest BCUT2D eigenvalue weighted by Crippen LogP contribution is 2.24. The van der Waals surface area contributed by atoms with Gasteiger partial charge >= 0.3 is 0 Å². The molecule has 1 amide bonds. The van der Waals surface area contributed by atoms with Gasteiger partial charge in [-0.25, -0.2) is 9.67 Å². The quantitative estimate of drug-likeness (QED) is 0.536. The third-order valence-electron chi connectivity index (χ3n) is 5.18. The number of thiazole rings is 1. The van der Waals surface area contributed by atoms with E-state index in [1.807, 2.05) is 36.5 Å². The molecule has 0 atom stereocenters. The van der Waals surface area contributed by atoms with Gasteiger partial charge in [-0.15, -0.1) is 21.5 Å². The first-order valence-corrected chi connectivity index (χ1v) is 10.9. The summed E-state index contributed by atoms with van der Waals surface area (Å²) in [6.07, 6.45) is 8.11. The van der Waals surface area contributed by atoms with Gasteiger partial charge in [-0.3, -0.25) is 4.79 Å². The summed E-state index contributed by atoms with van der Waals surface area (Å²) in [4.78, 5) is 17.1. The topological polar surface area (TPSA) is 90.5 Å². The Hall–Kier alpha value is -3.33. The number of benzene rings is 1. The van der Waals surface area contributed by atoms with E-state index in [2.05, 4.69) is 30.2 Å². The molecular weight excluding hydrogens is 398 g/mol. The maximum absolute atomic E-state index is 12.6. The Morgan fingerprint density at radius 2 is 2.03 bits per heavy atom. The molecule has 30 heavy (non-hydrogen) atoms. The van der Waals surface area contributed by atoms with Crippen LogP contribution in [0.2, 0.25) is 0 Å². The number of nitrogens with zero attached hydrogens (tertiary/aromatic N) is 6. The molecule has 0 spiro atoms. The summed E-state index contributed by atoms with van der Waals surface area (Å²) in [7, 11) is 0. The molecule has 152 valence electrons. The Labute approximate surface area is 177 Å². The highest BCUT2D eigenvalue weighted by molar-refractivity contribution is 7.13. The molecule has 0 saturated carbocycles. The number of aromatic nitrogens is 6. The molecule has 0 saturated heterocycles. The van der Waals surface area contributed by atoms with Gasteiger partial charge < -0.3 is 9.88 Å². The third-order valence-corrected chi connectivity index (χ3v) is 6.07. The highest BCUT2D eigenvalue weighted by atomic mass is 32.1. The van der Waals surface area contributed by atoms with Crippen molar-refractivity contribution >= 4 is 17.2 Å². The van der Waals surface area contributed by atoms with Gasteiger partial charge in [0.25, 0.3) is 5.91 Å². The van der Waals surface area contributed by atoms with Crippen molar-refractivity contribution in [3.8, 4) is 16.3 Å². The highest BCUT2D eigenvalue weighted by Gasteiger charge is 2.17. The maximum atomic E-state index is 12.6. The van der Waals surface area contributed by atoms with Crippen LogP contribution in [-0.2, 0) is 19.5 Å². The van der Waals surface area contributed by atoms with E-state index in [4.69, 9.17) is 0 Å². The molecular formula is C21H21N7OS. The Morgan fingerprint density at radius 1 is 1.13 bits per heavy atom. The van der Waals surface area contributed by atoms with Crippen molar-refractivity contribution in [2.45, 2.75) is 38.8 Å². The van der Waals surface area contributed by atoms with Crippen LogP contribution in [0, 0.1) is 0 Å². The number of aryl methyl sites for hydroxylation is 1. The van der Waals surface area contributed by atoms with Crippen LogP contribution in [0.15, 0.2) is 48.1 Å². The zero-order chi connectivity index (χ0) is 20.3. The van der Waals surface area contributed by atoms with E-state index in [9.17, 15) is 4.79 Å². The summed E-state index contributed by atoms with van der Waals surface area (Å²) in [5.41, 5.74) is 2.26. The number of hydrogen-bond donors (Lipinski definition) is 1.